The van der Waals surface area contributed by atoms with Crippen molar-refractivity contribution in [3.8, 4) is 11.8 Å². The van der Waals surface area contributed by atoms with E-state index in [0.717, 1.165) is 10.6 Å². The van der Waals surface area contributed by atoms with E-state index in [1.54, 1.807) is 12.1 Å². The van der Waals surface area contributed by atoms with Gasteiger partial charge < -0.3 is 5.32 Å². The highest BCUT2D eigenvalue weighted by Crippen LogP contribution is 2.33. The molecule has 0 spiro atoms. The molecule has 0 radical (unpaired) electrons. The maximum atomic E-state index is 13.2. The first-order valence-corrected chi connectivity index (χ1v) is 9.08. The lowest BCUT2D eigenvalue weighted by Gasteiger charge is -2.32. The fourth-order valence-electron chi connectivity index (χ4n) is 3.25. The maximum Gasteiger partial charge on any atom is 0.433 e. The number of hydrogen-bond donors (Lipinski definition) is 1. The predicted octanol–water partition coefficient (Wildman–Crippen LogP) is 4.17. The number of halogens is 4. The third kappa shape index (κ3) is 3.51. The molecule has 0 atom stereocenters. The Balaban J connectivity index is 1.92. The Hall–Kier alpha value is -3.12. The quantitative estimate of drug-likeness (QED) is 0.689. The number of nitriles is 1. The van der Waals surface area contributed by atoms with E-state index in [2.05, 4.69) is 21.4 Å². The number of alkyl halides is 3. The van der Waals surface area contributed by atoms with Gasteiger partial charge in [-0.05, 0) is 37.1 Å². The number of aromatic nitrogens is 3. The highest BCUT2D eigenvalue weighted by atomic mass is 35.5. The molecule has 1 aliphatic carbocycles. The van der Waals surface area contributed by atoms with Crippen molar-refractivity contribution in [2.75, 3.05) is 5.32 Å². The Morgan fingerprint density at radius 1 is 1.17 bits per heavy atom. The summed E-state index contributed by atoms with van der Waals surface area (Å²) < 4.78 is 40.7. The molecule has 1 aromatic carbocycles. The van der Waals surface area contributed by atoms with Crippen molar-refractivity contribution in [3.63, 3.8) is 0 Å². The Bertz CT molecular complexity index is 1200. The van der Waals surface area contributed by atoms with Gasteiger partial charge in [-0.15, -0.1) is 0 Å². The molecule has 0 bridgehead atoms. The predicted molar refractivity (Wildman–Crippen MR) is 101 cm³/mol. The van der Waals surface area contributed by atoms with Crippen LogP contribution in [0.15, 0.2) is 41.2 Å². The van der Waals surface area contributed by atoms with E-state index >= 15 is 0 Å². The zero-order valence-corrected chi connectivity index (χ0v) is 15.5. The number of nitrogens with one attached hydrogen (secondary N) is 1. The number of benzene rings is 1. The Kier molecular flexibility index (Phi) is 4.67. The van der Waals surface area contributed by atoms with Crippen LogP contribution in [0.2, 0.25) is 5.02 Å². The number of pyridine rings is 1. The van der Waals surface area contributed by atoms with Crippen molar-refractivity contribution in [1.29, 1.82) is 5.26 Å². The van der Waals surface area contributed by atoms with Crippen LogP contribution in [0.4, 0.5) is 19.0 Å². The first kappa shape index (κ1) is 19.2. The van der Waals surface area contributed by atoms with Gasteiger partial charge >= 0.3 is 11.9 Å². The van der Waals surface area contributed by atoms with Crippen molar-refractivity contribution in [3.05, 3.63) is 57.6 Å². The van der Waals surface area contributed by atoms with Crippen LogP contribution >= 0.6 is 11.6 Å². The standard InChI is InChI=1S/C19H13ClF3N5O/c20-13-3-1-2-4-14(13)28-17-12(5-6-15(26-17)19(21,22)23)16(27-18(28)29)25-11-7-10(8-11)9-24/h1-6,10-11H,7-8H2,(H,25,27,29)/t10-,11+. The lowest BCUT2D eigenvalue weighted by molar-refractivity contribution is -0.141. The molecule has 0 unspecified atom stereocenters. The number of anilines is 1. The molecular formula is C19H13ClF3N5O. The van der Waals surface area contributed by atoms with Crippen molar-refractivity contribution < 1.29 is 13.2 Å². The van der Waals surface area contributed by atoms with Gasteiger partial charge in [0, 0.05) is 6.04 Å². The van der Waals surface area contributed by atoms with Gasteiger partial charge in [0.25, 0.3) is 0 Å². The number of nitrogens with zero attached hydrogens (tertiary/aromatic N) is 4. The Labute approximate surface area is 167 Å². The summed E-state index contributed by atoms with van der Waals surface area (Å²) in [6, 6.07) is 10.4. The minimum absolute atomic E-state index is 0.0859. The van der Waals surface area contributed by atoms with Crippen LogP contribution in [0.3, 0.4) is 0 Å². The van der Waals surface area contributed by atoms with Gasteiger partial charge in [0.05, 0.1) is 28.1 Å². The van der Waals surface area contributed by atoms with E-state index in [9.17, 15) is 18.0 Å². The minimum atomic E-state index is -4.68. The average molecular weight is 420 g/mol. The minimum Gasteiger partial charge on any atom is -0.366 e. The molecule has 0 aliphatic heterocycles. The van der Waals surface area contributed by atoms with Gasteiger partial charge in [-0.1, -0.05) is 23.7 Å². The summed E-state index contributed by atoms with van der Waals surface area (Å²) in [5.74, 6) is 0.0492. The summed E-state index contributed by atoms with van der Waals surface area (Å²) in [5, 5.41) is 12.4. The zero-order chi connectivity index (χ0) is 20.8. The molecule has 0 saturated heterocycles. The summed E-state index contributed by atoms with van der Waals surface area (Å²) in [6.45, 7) is 0. The molecule has 4 rings (SSSR count). The van der Waals surface area contributed by atoms with Crippen molar-refractivity contribution in [2.24, 2.45) is 5.92 Å². The van der Waals surface area contributed by atoms with Gasteiger partial charge in [-0.2, -0.15) is 23.4 Å². The molecule has 29 heavy (non-hydrogen) atoms. The van der Waals surface area contributed by atoms with Crippen LogP contribution in [0.1, 0.15) is 18.5 Å². The zero-order valence-electron chi connectivity index (χ0n) is 14.7. The van der Waals surface area contributed by atoms with Crippen LogP contribution in [0, 0.1) is 17.2 Å². The molecule has 2 heterocycles. The molecule has 1 saturated carbocycles. The third-order valence-electron chi connectivity index (χ3n) is 4.79. The van der Waals surface area contributed by atoms with Gasteiger partial charge in [0.2, 0.25) is 0 Å². The topological polar surface area (TPSA) is 83.6 Å². The van der Waals surface area contributed by atoms with Crippen LogP contribution in [-0.4, -0.2) is 20.6 Å². The van der Waals surface area contributed by atoms with Gasteiger partial charge in [-0.3, -0.25) is 0 Å². The molecule has 3 aromatic rings. The van der Waals surface area contributed by atoms with E-state index in [1.807, 2.05) is 0 Å². The van der Waals surface area contributed by atoms with Gasteiger partial charge in [-0.25, -0.2) is 14.3 Å². The molecular weight excluding hydrogens is 407 g/mol. The van der Waals surface area contributed by atoms with Crippen molar-refractivity contribution in [2.45, 2.75) is 25.1 Å². The summed E-state index contributed by atoms with van der Waals surface area (Å²) >= 11 is 6.16. The summed E-state index contributed by atoms with van der Waals surface area (Å²) in [4.78, 5) is 20.5. The van der Waals surface area contributed by atoms with Gasteiger partial charge in [0.15, 0.2) is 5.65 Å². The highest BCUT2D eigenvalue weighted by Gasteiger charge is 2.34. The van der Waals surface area contributed by atoms with Crippen LogP contribution in [0.25, 0.3) is 16.7 Å². The Morgan fingerprint density at radius 2 is 1.90 bits per heavy atom. The fourth-order valence-corrected chi connectivity index (χ4v) is 3.47. The fraction of sp³-hybridized carbons (Fsp3) is 0.263. The smallest absolute Gasteiger partial charge is 0.366 e. The summed E-state index contributed by atoms with van der Waals surface area (Å²) in [7, 11) is 0. The number of para-hydroxylation sites is 1. The van der Waals surface area contributed by atoms with E-state index in [0.29, 0.717) is 12.8 Å². The molecule has 10 heteroatoms. The van der Waals surface area contributed by atoms with Crippen LogP contribution in [0.5, 0.6) is 0 Å². The number of rotatable bonds is 3. The van der Waals surface area contributed by atoms with Crippen LogP contribution < -0.4 is 11.0 Å². The average Bonchev–Trinajstić information content (AvgIpc) is 2.64. The highest BCUT2D eigenvalue weighted by molar-refractivity contribution is 6.32. The first-order valence-electron chi connectivity index (χ1n) is 8.70. The molecule has 1 aliphatic rings. The SMILES string of the molecule is N#C[C@H]1C[C@@H](Nc2nc(=O)n(-c3ccccc3Cl)c3nc(C(F)(F)F)ccc23)C1. The normalized spacial score (nSPS) is 18.9. The van der Waals surface area contributed by atoms with Crippen LogP contribution in [-0.2, 0) is 6.18 Å². The molecule has 148 valence electrons. The van der Waals surface area contributed by atoms with Crippen molar-refractivity contribution in [1.82, 2.24) is 14.5 Å². The summed E-state index contributed by atoms with van der Waals surface area (Å²) in [5.41, 5.74) is -1.96. The lowest BCUT2D eigenvalue weighted by atomic mass is 9.81. The molecule has 1 N–H and O–H groups in total. The van der Waals surface area contributed by atoms with Crippen molar-refractivity contribution >= 4 is 28.5 Å². The largest absolute Gasteiger partial charge is 0.433 e. The molecule has 6 nitrogen and oxygen atoms in total. The Morgan fingerprint density at radius 3 is 2.55 bits per heavy atom. The summed E-state index contributed by atoms with van der Waals surface area (Å²) in [6.07, 6.45) is -3.54. The van der Waals surface area contributed by atoms with E-state index in [-0.39, 0.29) is 39.5 Å². The van der Waals surface area contributed by atoms with E-state index < -0.39 is 17.6 Å². The molecule has 2 aromatic heterocycles. The molecule has 1 fully saturated rings. The number of fused-ring (bicyclic) bond motifs is 1. The lowest BCUT2D eigenvalue weighted by Crippen LogP contribution is -2.36. The second-order valence-corrected chi connectivity index (χ2v) is 7.14. The third-order valence-corrected chi connectivity index (χ3v) is 5.11. The molecule has 0 amide bonds. The second-order valence-electron chi connectivity index (χ2n) is 6.73. The van der Waals surface area contributed by atoms with E-state index in [1.165, 1.54) is 18.2 Å². The second kappa shape index (κ2) is 7.04. The van der Waals surface area contributed by atoms with Gasteiger partial charge in [0.1, 0.15) is 11.5 Å². The first-order chi connectivity index (χ1) is 13.8. The number of hydrogen-bond acceptors (Lipinski definition) is 5. The van der Waals surface area contributed by atoms with E-state index in [4.69, 9.17) is 16.9 Å². The maximum absolute atomic E-state index is 13.2. The monoisotopic (exact) mass is 419 g/mol.